The van der Waals surface area contributed by atoms with Crippen LogP contribution in [-0.2, 0) is 9.59 Å². The molecule has 0 saturated carbocycles. The fourth-order valence-electron chi connectivity index (χ4n) is 2.51. The third-order valence-corrected chi connectivity index (χ3v) is 5.91. The van der Waals surface area contributed by atoms with Gasteiger partial charge in [0.1, 0.15) is 5.25 Å². The molecule has 3 atom stereocenters. The molecule has 2 aliphatic rings. The smallest absolute Gasteiger partial charge is 0.293 e. The lowest BCUT2D eigenvalue weighted by atomic mass is 10.2. The Hall–Kier alpha value is -1.51. The first-order chi connectivity index (χ1) is 11.1. The minimum absolute atomic E-state index is 0.0630. The average molecular weight is 352 g/mol. The third kappa shape index (κ3) is 3.54. The van der Waals surface area contributed by atoms with Crippen molar-refractivity contribution >= 4 is 46.3 Å². The summed E-state index contributed by atoms with van der Waals surface area (Å²) in [5.74, 6) is 0.573. The molecule has 2 aliphatic heterocycles. The minimum Gasteiger partial charge on any atom is -0.390 e. The highest BCUT2D eigenvalue weighted by molar-refractivity contribution is 8.15. The number of amides is 3. The first-order valence-corrected chi connectivity index (χ1v) is 9.24. The summed E-state index contributed by atoms with van der Waals surface area (Å²) in [4.78, 5) is 37.7. The van der Waals surface area contributed by atoms with E-state index < -0.39 is 11.4 Å². The molecule has 122 valence electrons. The highest BCUT2D eigenvalue weighted by atomic mass is 32.2. The maximum Gasteiger partial charge on any atom is 0.293 e. The number of aliphatic hydroxyl groups excluding tert-OH is 1. The topological polar surface area (TPSA) is 86.7 Å². The standard InChI is InChI=1S/C15H16N2O4S2/c18-11-8-22-7-10(11)16-13(19)6-12-14(20)17(15(21)23-12)9-4-2-1-3-5-9/h1-5,10-12,18H,6-8H2,(H,16,19)/t10-,11-,12-/m0/s1. The second-order valence-electron chi connectivity index (χ2n) is 5.36. The van der Waals surface area contributed by atoms with Crippen LogP contribution >= 0.6 is 23.5 Å². The van der Waals surface area contributed by atoms with E-state index >= 15 is 0 Å². The lowest BCUT2D eigenvalue weighted by molar-refractivity contribution is -0.125. The molecular weight excluding hydrogens is 336 g/mol. The fraction of sp³-hybridized carbons (Fsp3) is 0.400. The Balaban J connectivity index is 1.62. The number of anilines is 1. The molecule has 2 N–H and O–H groups in total. The molecule has 8 heteroatoms. The Morgan fingerprint density at radius 3 is 2.65 bits per heavy atom. The Bertz CT molecular complexity index is 625. The minimum atomic E-state index is -0.714. The van der Waals surface area contributed by atoms with Gasteiger partial charge in [-0.2, -0.15) is 11.8 Å². The van der Waals surface area contributed by atoms with E-state index in [9.17, 15) is 19.5 Å². The summed E-state index contributed by atoms with van der Waals surface area (Å²) in [6.45, 7) is 0. The number of carbonyl (C=O) groups excluding carboxylic acids is 3. The van der Waals surface area contributed by atoms with Crippen molar-refractivity contribution in [2.45, 2.75) is 23.8 Å². The van der Waals surface area contributed by atoms with E-state index in [1.54, 1.807) is 42.1 Å². The summed E-state index contributed by atoms with van der Waals surface area (Å²) in [5.41, 5.74) is 0.514. The number of carbonyl (C=O) groups is 3. The van der Waals surface area contributed by atoms with Crippen LogP contribution in [0.3, 0.4) is 0 Å². The molecule has 3 amide bonds. The number of nitrogens with one attached hydrogen (secondary N) is 1. The van der Waals surface area contributed by atoms with E-state index in [1.807, 2.05) is 0 Å². The number of hydrogen-bond acceptors (Lipinski definition) is 6. The molecule has 0 radical (unpaired) electrons. The van der Waals surface area contributed by atoms with Crippen LogP contribution in [0.2, 0.25) is 0 Å². The number of thioether (sulfide) groups is 2. The van der Waals surface area contributed by atoms with Gasteiger partial charge in [0.2, 0.25) is 11.8 Å². The van der Waals surface area contributed by atoms with Crippen LogP contribution in [0.1, 0.15) is 6.42 Å². The summed E-state index contributed by atoms with van der Waals surface area (Å²) in [6.07, 6.45) is -0.620. The molecule has 2 fully saturated rings. The SMILES string of the molecule is O=C(C[C@@H]1SC(=O)N(c2ccccc2)C1=O)N[C@H]1CSC[C@@H]1O. The molecule has 0 aliphatic carbocycles. The van der Waals surface area contributed by atoms with Crippen LogP contribution in [0.15, 0.2) is 30.3 Å². The number of hydrogen-bond donors (Lipinski definition) is 2. The van der Waals surface area contributed by atoms with E-state index in [2.05, 4.69) is 5.32 Å². The van der Waals surface area contributed by atoms with Gasteiger partial charge in [0, 0.05) is 17.9 Å². The van der Waals surface area contributed by atoms with Gasteiger partial charge in [-0.15, -0.1) is 0 Å². The van der Waals surface area contributed by atoms with Gasteiger partial charge < -0.3 is 10.4 Å². The molecule has 0 bridgehead atoms. The van der Waals surface area contributed by atoms with Crippen LogP contribution < -0.4 is 10.2 Å². The van der Waals surface area contributed by atoms with Crippen molar-refractivity contribution in [2.24, 2.45) is 0 Å². The molecule has 1 aromatic carbocycles. The van der Waals surface area contributed by atoms with Crippen LogP contribution in [0.5, 0.6) is 0 Å². The highest BCUT2D eigenvalue weighted by Gasteiger charge is 2.42. The largest absolute Gasteiger partial charge is 0.390 e. The molecule has 0 aromatic heterocycles. The van der Waals surface area contributed by atoms with Crippen LogP contribution in [0.25, 0.3) is 0 Å². The molecule has 0 unspecified atom stereocenters. The molecule has 23 heavy (non-hydrogen) atoms. The van der Waals surface area contributed by atoms with Gasteiger partial charge in [-0.25, -0.2) is 4.90 Å². The number of nitrogens with zero attached hydrogens (tertiary/aromatic N) is 1. The Labute approximate surface area is 142 Å². The predicted octanol–water partition coefficient (Wildman–Crippen LogP) is 1.24. The summed E-state index contributed by atoms with van der Waals surface area (Å²) in [6, 6.07) is 8.39. The molecule has 6 nitrogen and oxygen atoms in total. The van der Waals surface area contributed by atoms with Crippen molar-refractivity contribution in [3.05, 3.63) is 30.3 Å². The number of imide groups is 1. The van der Waals surface area contributed by atoms with Gasteiger partial charge in [0.15, 0.2) is 0 Å². The monoisotopic (exact) mass is 352 g/mol. The van der Waals surface area contributed by atoms with Gasteiger partial charge in [0.25, 0.3) is 5.24 Å². The van der Waals surface area contributed by atoms with Gasteiger partial charge in [0.05, 0.1) is 17.8 Å². The molecule has 2 saturated heterocycles. The van der Waals surface area contributed by atoms with Gasteiger partial charge in [-0.3, -0.25) is 14.4 Å². The van der Waals surface area contributed by atoms with E-state index in [1.165, 1.54) is 0 Å². The van der Waals surface area contributed by atoms with Crippen molar-refractivity contribution in [1.82, 2.24) is 5.32 Å². The molecular formula is C15H16N2O4S2. The zero-order valence-electron chi connectivity index (χ0n) is 12.2. The fourth-order valence-corrected chi connectivity index (χ4v) is 4.67. The summed E-state index contributed by atoms with van der Waals surface area (Å²) in [5, 5.41) is 11.4. The normalized spacial score (nSPS) is 27.5. The summed E-state index contributed by atoms with van der Waals surface area (Å²) in [7, 11) is 0. The Kier molecular flexibility index (Phi) is 4.93. The van der Waals surface area contributed by atoms with Crippen LogP contribution in [-0.4, -0.2) is 51.1 Å². The lowest BCUT2D eigenvalue weighted by Crippen LogP contribution is -2.44. The molecule has 0 spiro atoms. The zero-order valence-corrected chi connectivity index (χ0v) is 13.8. The van der Waals surface area contributed by atoms with Crippen molar-refractivity contribution in [3.63, 3.8) is 0 Å². The highest BCUT2D eigenvalue weighted by Crippen LogP contribution is 2.33. The Morgan fingerprint density at radius 1 is 1.26 bits per heavy atom. The van der Waals surface area contributed by atoms with Crippen molar-refractivity contribution in [3.8, 4) is 0 Å². The maximum atomic E-state index is 12.4. The Morgan fingerprint density at radius 2 is 2.00 bits per heavy atom. The van der Waals surface area contributed by atoms with E-state index in [-0.39, 0.29) is 29.5 Å². The van der Waals surface area contributed by atoms with Crippen LogP contribution in [0, 0.1) is 0 Å². The second kappa shape index (κ2) is 6.94. The van der Waals surface area contributed by atoms with E-state index in [0.717, 1.165) is 16.7 Å². The summed E-state index contributed by atoms with van der Waals surface area (Å²) >= 11 is 2.45. The van der Waals surface area contributed by atoms with E-state index in [4.69, 9.17) is 0 Å². The first-order valence-electron chi connectivity index (χ1n) is 7.21. The third-order valence-electron chi connectivity index (χ3n) is 3.70. The lowest BCUT2D eigenvalue weighted by Gasteiger charge is -2.17. The predicted molar refractivity (Wildman–Crippen MR) is 90.6 cm³/mol. The summed E-state index contributed by atoms with van der Waals surface area (Å²) < 4.78 is 0. The van der Waals surface area contributed by atoms with Crippen LogP contribution in [0.4, 0.5) is 10.5 Å². The van der Waals surface area contributed by atoms with Gasteiger partial charge in [-0.05, 0) is 23.9 Å². The quantitative estimate of drug-likeness (QED) is 0.848. The number of para-hydroxylation sites is 1. The molecule has 3 rings (SSSR count). The van der Waals surface area contributed by atoms with Crippen molar-refractivity contribution in [2.75, 3.05) is 16.4 Å². The number of rotatable bonds is 4. The number of aliphatic hydroxyl groups is 1. The van der Waals surface area contributed by atoms with Gasteiger partial charge >= 0.3 is 0 Å². The number of benzene rings is 1. The van der Waals surface area contributed by atoms with Crippen molar-refractivity contribution in [1.29, 1.82) is 0 Å². The van der Waals surface area contributed by atoms with E-state index in [0.29, 0.717) is 17.2 Å². The molecule has 1 aromatic rings. The molecule has 2 heterocycles. The van der Waals surface area contributed by atoms with Gasteiger partial charge in [-0.1, -0.05) is 18.2 Å². The second-order valence-corrected chi connectivity index (χ2v) is 7.59. The first kappa shape index (κ1) is 16.4. The van der Waals surface area contributed by atoms with Crippen molar-refractivity contribution < 1.29 is 19.5 Å². The maximum absolute atomic E-state index is 12.4. The average Bonchev–Trinajstić information content (AvgIpc) is 3.04. The zero-order chi connectivity index (χ0) is 16.4.